The van der Waals surface area contributed by atoms with Gasteiger partial charge in [0, 0.05) is 12.5 Å². The first-order valence-electron chi connectivity index (χ1n) is 5.15. The molecule has 0 spiro atoms. The van der Waals surface area contributed by atoms with Gasteiger partial charge in [-0.3, -0.25) is 4.79 Å². The highest BCUT2D eigenvalue weighted by molar-refractivity contribution is 5.68. The molecule has 78 valence electrons. The van der Waals surface area contributed by atoms with Gasteiger partial charge in [-0.2, -0.15) is 5.48 Å². The van der Waals surface area contributed by atoms with Crippen molar-refractivity contribution in [3.8, 4) is 0 Å². The third-order valence-electron chi connectivity index (χ3n) is 1.97. The first-order chi connectivity index (χ1) is 6.20. The zero-order chi connectivity index (χ0) is 10.1. The fourth-order valence-corrected chi connectivity index (χ4v) is 0.820. The minimum Gasteiger partial charge on any atom is -0.370 e. The molecular formula is C10H21NO2. The summed E-state index contributed by atoms with van der Waals surface area (Å²) in [6, 6.07) is 0.245. The highest BCUT2D eigenvalue weighted by Gasteiger charge is 2.04. The third kappa shape index (κ3) is 7.78. The average Bonchev–Trinajstić information content (AvgIpc) is 2.14. The Balaban J connectivity index is 3.30. The van der Waals surface area contributed by atoms with Gasteiger partial charge in [-0.25, -0.2) is 0 Å². The number of unbranched alkanes of at least 4 members (excludes halogenated alkanes) is 2. The van der Waals surface area contributed by atoms with Crippen molar-refractivity contribution in [3.63, 3.8) is 0 Å². The van der Waals surface area contributed by atoms with Crippen LogP contribution in [0.1, 0.15) is 52.9 Å². The molecule has 1 N–H and O–H groups in total. The van der Waals surface area contributed by atoms with Crippen molar-refractivity contribution in [2.24, 2.45) is 0 Å². The van der Waals surface area contributed by atoms with E-state index in [2.05, 4.69) is 12.4 Å². The van der Waals surface area contributed by atoms with Gasteiger partial charge in [0.05, 0.1) is 0 Å². The van der Waals surface area contributed by atoms with E-state index in [4.69, 9.17) is 4.84 Å². The van der Waals surface area contributed by atoms with Gasteiger partial charge in [0.15, 0.2) is 0 Å². The number of carbonyl (C=O) groups excluding carboxylic acids is 1. The topological polar surface area (TPSA) is 38.3 Å². The minimum absolute atomic E-state index is 0.145. The lowest BCUT2D eigenvalue weighted by molar-refractivity contribution is -0.152. The Morgan fingerprint density at radius 2 is 2.08 bits per heavy atom. The second-order valence-corrected chi connectivity index (χ2v) is 3.36. The molecule has 1 unspecified atom stereocenters. The van der Waals surface area contributed by atoms with E-state index in [0.717, 1.165) is 25.7 Å². The van der Waals surface area contributed by atoms with Gasteiger partial charge < -0.3 is 4.84 Å². The molecule has 0 aliphatic heterocycles. The zero-order valence-corrected chi connectivity index (χ0v) is 8.93. The quantitative estimate of drug-likeness (QED) is 0.491. The molecule has 0 saturated carbocycles. The van der Waals surface area contributed by atoms with Crippen molar-refractivity contribution < 1.29 is 9.63 Å². The average molecular weight is 187 g/mol. The summed E-state index contributed by atoms with van der Waals surface area (Å²) in [6.45, 7) is 6.14. The minimum atomic E-state index is -0.145. The van der Waals surface area contributed by atoms with Crippen LogP contribution in [0.4, 0.5) is 0 Å². The normalized spacial score (nSPS) is 12.5. The Labute approximate surface area is 80.8 Å². The Morgan fingerprint density at radius 1 is 1.38 bits per heavy atom. The van der Waals surface area contributed by atoms with E-state index in [9.17, 15) is 4.79 Å². The molecule has 0 aliphatic rings. The van der Waals surface area contributed by atoms with E-state index in [1.165, 1.54) is 0 Å². The van der Waals surface area contributed by atoms with Crippen molar-refractivity contribution in [1.82, 2.24) is 5.48 Å². The molecule has 0 aromatic heterocycles. The van der Waals surface area contributed by atoms with Crippen LogP contribution in [-0.2, 0) is 9.63 Å². The fraction of sp³-hybridized carbons (Fsp3) is 0.900. The summed E-state index contributed by atoms with van der Waals surface area (Å²) in [4.78, 5) is 15.9. The van der Waals surface area contributed by atoms with Crippen LogP contribution >= 0.6 is 0 Å². The summed E-state index contributed by atoms with van der Waals surface area (Å²) < 4.78 is 0. The van der Waals surface area contributed by atoms with E-state index in [1.807, 2.05) is 13.8 Å². The van der Waals surface area contributed by atoms with Crippen LogP contribution in [0.5, 0.6) is 0 Å². The second kappa shape index (κ2) is 8.05. The molecule has 0 fully saturated rings. The molecule has 0 aliphatic carbocycles. The van der Waals surface area contributed by atoms with Crippen LogP contribution in [0.25, 0.3) is 0 Å². The molecule has 13 heavy (non-hydrogen) atoms. The monoisotopic (exact) mass is 187 g/mol. The molecule has 0 saturated heterocycles. The molecule has 1 atom stereocenters. The van der Waals surface area contributed by atoms with E-state index in [0.29, 0.717) is 6.42 Å². The van der Waals surface area contributed by atoms with Gasteiger partial charge in [-0.05, 0) is 19.8 Å². The molecule has 0 rings (SSSR count). The Kier molecular flexibility index (Phi) is 7.69. The van der Waals surface area contributed by atoms with Gasteiger partial charge in [0.1, 0.15) is 0 Å². The lowest BCUT2D eigenvalue weighted by atomic mass is 10.2. The van der Waals surface area contributed by atoms with Crippen LogP contribution in [0.15, 0.2) is 0 Å². The lowest BCUT2D eigenvalue weighted by Gasteiger charge is -2.10. The van der Waals surface area contributed by atoms with Crippen molar-refractivity contribution in [2.75, 3.05) is 0 Å². The third-order valence-corrected chi connectivity index (χ3v) is 1.97. The Morgan fingerprint density at radius 3 is 2.62 bits per heavy atom. The van der Waals surface area contributed by atoms with E-state index >= 15 is 0 Å². The predicted octanol–water partition coefficient (Wildman–Crippen LogP) is 2.41. The smallest absolute Gasteiger partial charge is 0.324 e. The summed E-state index contributed by atoms with van der Waals surface area (Å²) in [7, 11) is 0. The van der Waals surface area contributed by atoms with Crippen molar-refractivity contribution in [1.29, 1.82) is 0 Å². The number of hydrogen-bond donors (Lipinski definition) is 1. The number of hydroxylamine groups is 1. The zero-order valence-electron chi connectivity index (χ0n) is 8.93. The van der Waals surface area contributed by atoms with E-state index < -0.39 is 0 Å². The lowest BCUT2D eigenvalue weighted by Crippen LogP contribution is -2.28. The van der Waals surface area contributed by atoms with Gasteiger partial charge in [-0.1, -0.05) is 26.7 Å². The molecule has 0 radical (unpaired) electrons. The molecule has 0 aromatic carbocycles. The number of carbonyl (C=O) groups is 1. The molecule has 0 aromatic rings. The molecule has 3 nitrogen and oxygen atoms in total. The highest BCUT2D eigenvalue weighted by Crippen LogP contribution is 2.00. The summed E-state index contributed by atoms with van der Waals surface area (Å²) in [5.41, 5.74) is 2.71. The van der Waals surface area contributed by atoms with E-state index in [1.54, 1.807) is 0 Å². The van der Waals surface area contributed by atoms with E-state index in [-0.39, 0.29) is 12.0 Å². The van der Waals surface area contributed by atoms with Gasteiger partial charge >= 0.3 is 5.97 Å². The van der Waals surface area contributed by atoms with Crippen molar-refractivity contribution >= 4 is 5.97 Å². The maximum Gasteiger partial charge on any atom is 0.324 e. The molecule has 0 heterocycles. The number of rotatable bonds is 7. The first kappa shape index (κ1) is 12.4. The van der Waals surface area contributed by atoms with Gasteiger partial charge in [0.25, 0.3) is 0 Å². The first-order valence-corrected chi connectivity index (χ1v) is 5.15. The maximum absolute atomic E-state index is 11.1. The summed E-state index contributed by atoms with van der Waals surface area (Å²) in [5, 5.41) is 0. The summed E-state index contributed by atoms with van der Waals surface area (Å²) in [6.07, 6.45) is 4.64. The second-order valence-electron chi connectivity index (χ2n) is 3.36. The van der Waals surface area contributed by atoms with Crippen LogP contribution in [-0.4, -0.2) is 12.0 Å². The highest BCUT2D eigenvalue weighted by atomic mass is 16.7. The SMILES string of the molecule is CCCCCC(=O)ONC(C)CC. The van der Waals surface area contributed by atoms with Crippen LogP contribution in [0.2, 0.25) is 0 Å². The van der Waals surface area contributed by atoms with Gasteiger partial charge in [0.2, 0.25) is 0 Å². The molecule has 0 bridgehead atoms. The van der Waals surface area contributed by atoms with Gasteiger partial charge in [-0.15, -0.1) is 0 Å². The van der Waals surface area contributed by atoms with Crippen molar-refractivity contribution in [2.45, 2.75) is 58.9 Å². The Bertz CT molecular complexity index is 137. The summed E-state index contributed by atoms with van der Waals surface area (Å²) in [5.74, 6) is -0.145. The predicted molar refractivity (Wildman–Crippen MR) is 53.1 cm³/mol. The van der Waals surface area contributed by atoms with Crippen LogP contribution in [0.3, 0.4) is 0 Å². The van der Waals surface area contributed by atoms with Crippen LogP contribution in [0, 0.1) is 0 Å². The largest absolute Gasteiger partial charge is 0.370 e. The van der Waals surface area contributed by atoms with Crippen LogP contribution < -0.4 is 5.48 Å². The van der Waals surface area contributed by atoms with Crippen molar-refractivity contribution in [3.05, 3.63) is 0 Å². The summed E-state index contributed by atoms with van der Waals surface area (Å²) >= 11 is 0. The molecule has 0 amide bonds. The number of hydrogen-bond acceptors (Lipinski definition) is 3. The standard InChI is InChI=1S/C10H21NO2/c1-4-6-7-8-10(12)13-11-9(3)5-2/h9,11H,4-8H2,1-3H3. The number of nitrogens with one attached hydrogen (secondary N) is 1. The molecular weight excluding hydrogens is 166 g/mol. The fourth-order valence-electron chi connectivity index (χ4n) is 0.820. The Hall–Kier alpha value is -0.570. The maximum atomic E-state index is 11.1. The molecule has 3 heteroatoms.